The highest BCUT2D eigenvalue weighted by atomic mass is 16.6. The van der Waals surface area contributed by atoms with Gasteiger partial charge in [-0.2, -0.15) is 4.98 Å². The summed E-state index contributed by atoms with van der Waals surface area (Å²) in [6.45, 7) is 1.01. The van der Waals surface area contributed by atoms with Crippen LogP contribution in [-0.2, 0) is 9.47 Å². The van der Waals surface area contributed by atoms with Gasteiger partial charge in [-0.25, -0.2) is 14.8 Å². The number of amides is 1. The third kappa shape index (κ3) is 6.18. The van der Waals surface area contributed by atoms with E-state index < -0.39 is 6.09 Å². The maximum Gasteiger partial charge on any atom is 0.411 e. The first kappa shape index (κ1) is 23.8. The number of carbonyl (C=O) groups is 1. The first-order valence-electron chi connectivity index (χ1n) is 10.8. The van der Waals surface area contributed by atoms with E-state index in [1.54, 1.807) is 30.3 Å². The third-order valence-electron chi connectivity index (χ3n) is 5.02. The van der Waals surface area contributed by atoms with Crippen LogP contribution in [0.25, 0.3) is 0 Å². The van der Waals surface area contributed by atoms with Crippen molar-refractivity contribution in [3.63, 3.8) is 0 Å². The lowest BCUT2D eigenvalue weighted by molar-refractivity contribution is 0.0932. The smallest absolute Gasteiger partial charge is 0.411 e. The molecule has 1 amide bonds. The molecule has 0 spiro atoms. The zero-order valence-electron chi connectivity index (χ0n) is 19.5. The van der Waals surface area contributed by atoms with E-state index in [9.17, 15) is 4.79 Å². The minimum Gasteiger partial charge on any atom is -0.493 e. The summed E-state index contributed by atoms with van der Waals surface area (Å²) in [4.78, 5) is 24.8. The lowest BCUT2D eigenvalue weighted by Crippen LogP contribution is -2.22. The summed E-state index contributed by atoms with van der Waals surface area (Å²) in [5.74, 6) is 2.06. The molecule has 12 heteroatoms. The summed E-state index contributed by atoms with van der Waals surface area (Å²) in [6, 6.07) is 10.6. The van der Waals surface area contributed by atoms with Crippen LogP contribution in [0.4, 0.5) is 33.8 Å². The van der Waals surface area contributed by atoms with E-state index in [0.29, 0.717) is 65.8 Å². The number of carbonyl (C=O) groups excluding carboxylic acids is 1. The maximum absolute atomic E-state index is 12.1. The average molecular weight is 482 g/mol. The van der Waals surface area contributed by atoms with Gasteiger partial charge in [-0.3, -0.25) is 5.32 Å². The molecule has 1 fully saturated rings. The van der Waals surface area contributed by atoms with Crippen LogP contribution in [0.3, 0.4) is 0 Å². The predicted molar refractivity (Wildman–Crippen MR) is 128 cm³/mol. The quantitative estimate of drug-likeness (QED) is 0.411. The van der Waals surface area contributed by atoms with Crippen molar-refractivity contribution in [2.24, 2.45) is 0 Å². The zero-order valence-corrected chi connectivity index (χ0v) is 19.5. The van der Waals surface area contributed by atoms with Crippen LogP contribution in [0.5, 0.6) is 17.2 Å². The molecular formula is C23H26N6O6. The SMILES string of the molecule is COc1cc(Nc2ncnc(Nc3cccc(NC(=O)OC4CCOC4)c3)n2)cc(OC)c1OC. The van der Waals surface area contributed by atoms with Gasteiger partial charge in [0, 0.05) is 35.6 Å². The summed E-state index contributed by atoms with van der Waals surface area (Å²) in [5, 5.41) is 8.91. The highest BCUT2D eigenvalue weighted by Gasteiger charge is 2.20. The second kappa shape index (κ2) is 11.2. The van der Waals surface area contributed by atoms with Crippen molar-refractivity contribution in [1.29, 1.82) is 0 Å². The number of aromatic nitrogens is 3. The number of hydrogen-bond donors (Lipinski definition) is 3. The van der Waals surface area contributed by atoms with E-state index in [-0.39, 0.29) is 6.10 Å². The number of benzene rings is 2. The molecule has 1 aliphatic heterocycles. The van der Waals surface area contributed by atoms with Crippen LogP contribution in [0, 0.1) is 0 Å². The van der Waals surface area contributed by atoms with E-state index in [2.05, 4.69) is 30.9 Å². The van der Waals surface area contributed by atoms with Crippen molar-refractivity contribution in [1.82, 2.24) is 15.0 Å². The summed E-state index contributed by atoms with van der Waals surface area (Å²) in [6.07, 6.45) is 1.31. The summed E-state index contributed by atoms with van der Waals surface area (Å²) in [7, 11) is 4.62. The fourth-order valence-corrected chi connectivity index (χ4v) is 3.41. The molecular weight excluding hydrogens is 456 g/mol. The molecule has 0 saturated carbocycles. The molecule has 0 bridgehead atoms. The maximum atomic E-state index is 12.1. The number of rotatable bonds is 9. The van der Waals surface area contributed by atoms with Crippen molar-refractivity contribution in [2.75, 3.05) is 50.5 Å². The lowest BCUT2D eigenvalue weighted by atomic mass is 10.2. The molecule has 4 rings (SSSR count). The summed E-state index contributed by atoms with van der Waals surface area (Å²) in [5.41, 5.74) is 1.86. The van der Waals surface area contributed by atoms with Crippen LogP contribution >= 0.6 is 0 Å². The average Bonchev–Trinajstić information content (AvgIpc) is 3.36. The minimum atomic E-state index is -0.533. The van der Waals surface area contributed by atoms with Gasteiger partial charge in [0.25, 0.3) is 0 Å². The van der Waals surface area contributed by atoms with E-state index in [0.717, 1.165) is 0 Å². The molecule has 1 aliphatic rings. The van der Waals surface area contributed by atoms with Crippen LogP contribution in [0.1, 0.15) is 6.42 Å². The van der Waals surface area contributed by atoms with Gasteiger partial charge in [0.05, 0.1) is 34.5 Å². The molecule has 1 unspecified atom stereocenters. The molecule has 2 aromatic carbocycles. The van der Waals surface area contributed by atoms with E-state index in [1.165, 1.54) is 27.7 Å². The normalized spacial score (nSPS) is 14.7. The Bertz CT molecular complexity index is 1150. The van der Waals surface area contributed by atoms with Crippen molar-refractivity contribution < 1.29 is 28.5 Å². The summed E-state index contributed by atoms with van der Waals surface area (Å²) < 4.78 is 26.7. The molecule has 35 heavy (non-hydrogen) atoms. The number of nitrogens with one attached hydrogen (secondary N) is 3. The summed E-state index contributed by atoms with van der Waals surface area (Å²) >= 11 is 0. The molecule has 1 aromatic heterocycles. The number of hydrogen-bond acceptors (Lipinski definition) is 11. The van der Waals surface area contributed by atoms with Crippen LogP contribution in [-0.4, -0.2) is 61.7 Å². The molecule has 1 atom stereocenters. The fraction of sp³-hybridized carbons (Fsp3) is 0.304. The second-order valence-corrected chi connectivity index (χ2v) is 7.39. The van der Waals surface area contributed by atoms with Gasteiger partial charge in [-0.1, -0.05) is 6.07 Å². The Labute approximate surface area is 201 Å². The number of ether oxygens (including phenoxy) is 5. The first-order valence-corrected chi connectivity index (χ1v) is 10.8. The molecule has 3 N–H and O–H groups in total. The van der Waals surface area contributed by atoms with Crippen LogP contribution < -0.4 is 30.2 Å². The number of anilines is 5. The van der Waals surface area contributed by atoms with Gasteiger partial charge in [0.2, 0.25) is 17.6 Å². The monoisotopic (exact) mass is 482 g/mol. The van der Waals surface area contributed by atoms with Crippen molar-refractivity contribution in [2.45, 2.75) is 12.5 Å². The number of methoxy groups -OCH3 is 3. The second-order valence-electron chi connectivity index (χ2n) is 7.39. The van der Waals surface area contributed by atoms with Gasteiger partial charge < -0.3 is 34.3 Å². The molecule has 2 heterocycles. The van der Waals surface area contributed by atoms with Crippen molar-refractivity contribution >= 4 is 35.1 Å². The van der Waals surface area contributed by atoms with Gasteiger partial charge >= 0.3 is 6.09 Å². The Hall–Kier alpha value is -4.32. The first-order chi connectivity index (χ1) is 17.1. The van der Waals surface area contributed by atoms with E-state index in [1.807, 2.05) is 6.07 Å². The molecule has 184 valence electrons. The molecule has 0 radical (unpaired) electrons. The minimum absolute atomic E-state index is 0.224. The highest BCUT2D eigenvalue weighted by Crippen LogP contribution is 2.40. The predicted octanol–water partition coefficient (Wildman–Crippen LogP) is 3.72. The Balaban J connectivity index is 1.43. The largest absolute Gasteiger partial charge is 0.493 e. The Morgan fingerprint density at radius 3 is 2.26 bits per heavy atom. The Kier molecular flexibility index (Phi) is 7.63. The Morgan fingerprint density at radius 2 is 1.63 bits per heavy atom. The van der Waals surface area contributed by atoms with Gasteiger partial charge in [0.1, 0.15) is 12.4 Å². The zero-order chi connectivity index (χ0) is 24.6. The van der Waals surface area contributed by atoms with Gasteiger partial charge in [-0.05, 0) is 18.2 Å². The van der Waals surface area contributed by atoms with Gasteiger partial charge in [-0.15, -0.1) is 0 Å². The number of nitrogens with zero attached hydrogens (tertiary/aromatic N) is 3. The standard InChI is InChI=1S/C23H26N6O6/c1-31-18-10-16(11-19(32-2)20(18)33-3)27-22-25-13-24-21(29-22)26-14-5-4-6-15(9-14)28-23(30)35-17-7-8-34-12-17/h4-6,9-11,13,17H,7-8,12H2,1-3H3,(H,28,30)(H2,24,25,26,27,29). The molecule has 3 aromatic rings. The van der Waals surface area contributed by atoms with Crippen molar-refractivity contribution in [3.8, 4) is 17.2 Å². The lowest BCUT2D eigenvalue weighted by Gasteiger charge is -2.14. The molecule has 12 nitrogen and oxygen atoms in total. The van der Waals surface area contributed by atoms with E-state index in [4.69, 9.17) is 23.7 Å². The van der Waals surface area contributed by atoms with Gasteiger partial charge in [0.15, 0.2) is 11.5 Å². The molecule has 1 saturated heterocycles. The fourth-order valence-electron chi connectivity index (χ4n) is 3.41. The topological polar surface area (TPSA) is 138 Å². The van der Waals surface area contributed by atoms with Crippen LogP contribution in [0.15, 0.2) is 42.7 Å². The molecule has 0 aliphatic carbocycles. The highest BCUT2D eigenvalue weighted by molar-refractivity contribution is 5.85. The van der Waals surface area contributed by atoms with Crippen LogP contribution in [0.2, 0.25) is 0 Å². The Morgan fingerprint density at radius 1 is 0.943 bits per heavy atom. The van der Waals surface area contributed by atoms with E-state index >= 15 is 0 Å². The third-order valence-corrected chi connectivity index (χ3v) is 5.02. The van der Waals surface area contributed by atoms with Crippen molar-refractivity contribution in [3.05, 3.63) is 42.7 Å².